The second-order valence-electron chi connectivity index (χ2n) is 6.12. The fourth-order valence-corrected chi connectivity index (χ4v) is 2.70. The highest BCUT2D eigenvalue weighted by Crippen LogP contribution is 2.08. The molecule has 4 unspecified atom stereocenters. The molecule has 0 bridgehead atoms. The van der Waals surface area contributed by atoms with Crippen LogP contribution in [0.1, 0.15) is 26.7 Å². The maximum Gasteiger partial charge on any atom is 0.326 e. The molecule has 0 radical (unpaired) electrons. The molecule has 0 aromatic heterocycles. The molecule has 9 nitrogen and oxygen atoms in total. The monoisotopic (exact) mass is 422 g/mol. The molecule has 0 spiro atoms. The lowest BCUT2D eigenvalue weighted by molar-refractivity contribution is -0.141. The van der Waals surface area contributed by atoms with E-state index < -0.39 is 41.8 Å². The Hall–Kier alpha value is -1.46. The number of hydrogen-bond donors (Lipinski definition) is 6. The highest BCUT2D eigenvalue weighted by molar-refractivity contribution is 7.98. The van der Waals surface area contributed by atoms with E-state index in [4.69, 9.17) is 10.8 Å². The maximum absolute atomic E-state index is 12.4. The van der Waals surface area contributed by atoms with Gasteiger partial charge in [-0.3, -0.25) is 14.4 Å². The second kappa shape index (κ2) is 13.7. The van der Waals surface area contributed by atoms with E-state index in [2.05, 4.69) is 28.6 Å². The van der Waals surface area contributed by atoms with E-state index in [1.165, 1.54) is 11.8 Å². The third kappa shape index (κ3) is 9.87. The number of thiol groups is 1. The molecule has 0 aromatic carbocycles. The average molecular weight is 423 g/mol. The summed E-state index contributed by atoms with van der Waals surface area (Å²) >= 11 is 5.43. The molecular weight excluding hydrogens is 392 g/mol. The van der Waals surface area contributed by atoms with Gasteiger partial charge in [0.2, 0.25) is 17.7 Å². The average Bonchev–Trinajstić information content (AvgIpc) is 2.65. The summed E-state index contributed by atoms with van der Waals surface area (Å²) in [5.41, 5.74) is 5.61. The van der Waals surface area contributed by atoms with Crippen molar-refractivity contribution in [2.45, 2.75) is 44.8 Å². The lowest BCUT2D eigenvalue weighted by Gasteiger charge is -2.24. The SMILES string of the molecule is CCC(C)C(NC(=O)C(N)CS)C(=O)NCC(=O)NC(CCSC)C(=O)O. The van der Waals surface area contributed by atoms with Crippen LogP contribution in [0.2, 0.25) is 0 Å². The van der Waals surface area contributed by atoms with Gasteiger partial charge in [0.25, 0.3) is 0 Å². The Bertz CT molecular complexity index is 521. The van der Waals surface area contributed by atoms with Crippen molar-refractivity contribution in [3.8, 4) is 0 Å². The van der Waals surface area contributed by atoms with Gasteiger partial charge >= 0.3 is 5.97 Å². The number of carboxylic acid groups (broad SMARTS) is 1. The van der Waals surface area contributed by atoms with Crippen molar-refractivity contribution in [2.24, 2.45) is 11.7 Å². The van der Waals surface area contributed by atoms with Crippen LogP contribution < -0.4 is 21.7 Å². The predicted molar refractivity (Wildman–Crippen MR) is 109 cm³/mol. The van der Waals surface area contributed by atoms with E-state index in [1.54, 1.807) is 6.92 Å². The van der Waals surface area contributed by atoms with Crippen LogP contribution in [0, 0.1) is 5.92 Å². The number of thioether (sulfide) groups is 1. The number of rotatable bonds is 13. The molecule has 0 rings (SSSR count). The number of hydrogen-bond acceptors (Lipinski definition) is 7. The van der Waals surface area contributed by atoms with Gasteiger partial charge in [-0.25, -0.2) is 4.79 Å². The Labute approximate surface area is 169 Å². The smallest absolute Gasteiger partial charge is 0.326 e. The van der Waals surface area contributed by atoms with Gasteiger partial charge in [0.1, 0.15) is 12.1 Å². The number of carbonyl (C=O) groups is 4. The van der Waals surface area contributed by atoms with Crippen molar-refractivity contribution in [2.75, 3.05) is 24.3 Å². The molecule has 27 heavy (non-hydrogen) atoms. The van der Waals surface area contributed by atoms with Gasteiger partial charge in [-0.1, -0.05) is 20.3 Å². The minimum absolute atomic E-state index is 0.135. The van der Waals surface area contributed by atoms with Crippen molar-refractivity contribution in [3.63, 3.8) is 0 Å². The molecule has 156 valence electrons. The standard InChI is InChI=1S/C16H30N4O5S2/c1-4-9(2)13(20-14(22)10(17)8-26)15(23)18-7-12(21)19-11(16(24)25)5-6-27-3/h9-11,13,26H,4-8,17H2,1-3H3,(H,18,23)(H,19,21)(H,20,22)(H,24,25). The van der Waals surface area contributed by atoms with E-state index >= 15 is 0 Å². The molecule has 6 N–H and O–H groups in total. The predicted octanol–water partition coefficient (Wildman–Crippen LogP) is -0.787. The second-order valence-corrected chi connectivity index (χ2v) is 7.47. The molecule has 0 saturated carbocycles. The summed E-state index contributed by atoms with van der Waals surface area (Å²) in [6.45, 7) is 3.27. The zero-order valence-electron chi connectivity index (χ0n) is 15.9. The summed E-state index contributed by atoms with van der Waals surface area (Å²) in [4.78, 5) is 47.5. The first-order valence-corrected chi connectivity index (χ1v) is 10.7. The van der Waals surface area contributed by atoms with Gasteiger partial charge in [-0.05, 0) is 24.3 Å². The van der Waals surface area contributed by atoms with Gasteiger partial charge in [0, 0.05) is 5.75 Å². The van der Waals surface area contributed by atoms with E-state index in [0.29, 0.717) is 12.2 Å². The van der Waals surface area contributed by atoms with Crippen LogP contribution in [-0.4, -0.2) is 71.2 Å². The number of amides is 3. The van der Waals surface area contributed by atoms with Gasteiger partial charge in [0.05, 0.1) is 12.6 Å². The number of aliphatic carboxylic acids is 1. The summed E-state index contributed by atoms with van der Waals surface area (Å²) in [5.74, 6) is -2.25. The van der Waals surface area contributed by atoms with Gasteiger partial charge in [-0.2, -0.15) is 24.4 Å². The Balaban J connectivity index is 4.76. The van der Waals surface area contributed by atoms with Crippen LogP contribution in [0.25, 0.3) is 0 Å². The molecule has 0 aliphatic rings. The minimum atomic E-state index is -1.13. The van der Waals surface area contributed by atoms with Crippen molar-refractivity contribution in [3.05, 3.63) is 0 Å². The quantitative estimate of drug-likeness (QED) is 0.213. The normalized spacial score (nSPS) is 15.1. The first-order chi connectivity index (χ1) is 12.7. The Morgan fingerprint density at radius 2 is 1.81 bits per heavy atom. The molecule has 0 aliphatic carbocycles. The maximum atomic E-state index is 12.4. The van der Waals surface area contributed by atoms with E-state index in [9.17, 15) is 19.2 Å². The van der Waals surface area contributed by atoms with Crippen LogP contribution in [0.3, 0.4) is 0 Å². The molecular formula is C16H30N4O5S2. The summed E-state index contributed by atoms with van der Waals surface area (Å²) in [7, 11) is 0. The highest BCUT2D eigenvalue weighted by Gasteiger charge is 2.28. The summed E-state index contributed by atoms with van der Waals surface area (Å²) in [6.07, 6.45) is 2.74. The molecule has 0 aliphatic heterocycles. The highest BCUT2D eigenvalue weighted by atomic mass is 32.2. The first-order valence-electron chi connectivity index (χ1n) is 8.63. The molecule has 0 heterocycles. The van der Waals surface area contributed by atoms with Crippen LogP contribution >= 0.6 is 24.4 Å². The zero-order valence-corrected chi connectivity index (χ0v) is 17.6. The first kappa shape index (κ1) is 25.5. The van der Waals surface area contributed by atoms with Crippen LogP contribution in [0.5, 0.6) is 0 Å². The van der Waals surface area contributed by atoms with Crippen molar-refractivity contribution < 1.29 is 24.3 Å². The third-order valence-electron chi connectivity index (χ3n) is 3.99. The number of nitrogens with one attached hydrogen (secondary N) is 3. The topological polar surface area (TPSA) is 151 Å². The summed E-state index contributed by atoms with van der Waals surface area (Å²) < 4.78 is 0. The van der Waals surface area contributed by atoms with Crippen molar-refractivity contribution in [1.29, 1.82) is 0 Å². The largest absolute Gasteiger partial charge is 0.480 e. The van der Waals surface area contributed by atoms with Crippen LogP contribution in [0.4, 0.5) is 0 Å². The number of carboxylic acids is 1. The number of carbonyl (C=O) groups excluding carboxylic acids is 3. The Morgan fingerprint density at radius 1 is 1.19 bits per heavy atom. The van der Waals surface area contributed by atoms with Crippen molar-refractivity contribution in [1.82, 2.24) is 16.0 Å². The van der Waals surface area contributed by atoms with Gasteiger partial charge in [0.15, 0.2) is 0 Å². The molecule has 0 fully saturated rings. The zero-order chi connectivity index (χ0) is 21.0. The van der Waals surface area contributed by atoms with Crippen LogP contribution in [0.15, 0.2) is 0 Å². The lowest BCUT2D eigenvalue weighted by Crippen LogP contribution is -2.56. The molecule has 11 heteroatoms. The van der Waals surface area contributed by atoms with E-state index in [1.807, 2.05) is 13.2 Å². The summed E-state index contributed by atoms with van der Waals surface area (Å²) in [5, 5.41) is 16.5. The molecule has 0 saturated heterocycles. The van der Waals surface area contributed by atoms with Crippen molar-refractivity contribution >= 4 is 48.1 Å². The van der Waals surface area contributed by atoms with Gasteiger partial charge < -0.3 is 26.8 Å². The van der Waals surface area contributed by atoms with E-state index in [-0.39, 0.29) is 24.6 Å². The summed E-state index contributed by atoms with van der Waals surface area (Å²) in [6, 6.07) is -2.71. The van der Waals surface area contributed by atoms with Gasteiger partial charge in [-0.15, -0.1) is 0 Å². The van der Waals surface area contributed by atoms with Crippen LogP contribution in [-0.2, 0) is 19.2 Å². The third-order valence-corrected chi connectivity index (χ3v) is 5.03. The lowest BCUT2D eigenvalue weighted by atomic mass is 9.98. The fourth-order valence-electron chi connectivity index (χ4n) is 2.06. The molecule has 0 aromatic rings. The number of nitrogens with two attached hydrogens (primary N) is 1. The fraction of sp³-hybridized carbons (Fsp3) is 0.750. The molecule has 3 amide bonds. The Kier molecular flexibility index (Phi) is 12.9. The minimum Gasteiger partial charge on any atom is -0.480 e. The molecule has 4 atom stereocenters. The van der Waals surface area contributed by atoms with E-state index in [0.717, 1.165) is 0 Å². The Morgan fingerprint density at radius 3 is 2.30 bits per heavy atom.